The Labute approximate surface area is 156 Å². The van der Waals surface area contributed by atoms with Crippen LogP contribution in [-0.4, -0.2) is 33.7 Å². The van der Waals surface area contributed by atoms with Gasteiger partial charge in [0.25, 0.3) is 0 Å². The fraction of sp³-hybridized carbons (Fsp3) is 0.619. The van der Waals surface area contributed by atoms with Crippen molar-refractivity contribution in [2.75, 3.05) is 0 Å². The predicted molar refractivity (Wildman–Crippen MR) is 101 cm³/mol. The maximum Gasteiger partial charge on any atom is 0.411 e. The summed E-state index contributed by atoms with van der Waals surface area (Å²) in [6.07, 6.45) is 5.50. The van der Waals surface area contributed by atoms with Gasteiger partial charge >= 0.3 is 12.1 Å². The minimum absolute atomic E-state index is 0.236. The number of carbonyl (C=O) groups excluding carboxylic acids is 1. The molecule has 1 aromatic carbocycles. The molecule has 5 nitrogen and oxygen atoms in total. The third-order valence-corrected chi connectivity index (χ3v) is 4.77. The average Bonchev–Trinajstić information content (AvgIpc) is 2.58. The van der Waals surface area contributed by atoms with Crippen molar-refractivity contribution in [1.82, 2.24) is 4.90 Å². The highest BCUT2D eigenvalue weighted by Gasteiger charge is 2.35. The zero-order valence-corrected chi connectivity index (χ0v) is 16.1. The molecule has 0 spiro atoms. The third kappa shape index (κ3) is 6.36. The van der Waals surface area contributed by atoms with E-state index in [9.17, 15) is 14.7 Å². The largest absolute Gasteiger partial charge is 0.480 e. The topological polar surface area (TPSA) is 66.8 Å². The summed E-state index contributed by atoms with van der Waals surface area (Å²) in [6.45, 7) is 5.62. The zero-order valence-electron chi connectivity index (χ0n) is 16.1. The number of hydrogen-bond acceptors (Lipinski definition) is 3. The monoisotopic (exact) mass is 361 g/mol. The summed E-state index contributed by atoms with van der Waals surface area (Å²) in [5.41, 5.74) is 0.230. The molecule has 1 aliphatic carbocycles. The van der Waals surface area contributed by atoms with Crippen molar-refractivity contribution in [3.63, 3.8) is 0 Å². The van der Waals surface area contributed by atoms with Gasteiger partial charge in [0, 0.05) is 6.54 Å². The fourth-order valence-corrected chi connectivity index (χ4v) is 3.50. The van der Waals surface area contributed by atoms with Gasteiger partial charge in [0.2, 0.25) is 0 Å². The van der Waals surface area contributed by atoms with Crippen LogP contribution in [0.3, 0.4) is 0 Å². The molecule has 1 unspecified atom stereocenters. The van der Waals surface area contributed by atoms with Crippen molar-refractivity contribution in [3.8, 4) is 0 Å². The molecule has 0 saturated heterocycles. The van der Waals surface area contributed by atoms with Gasteiger partial charge in [-0.05, 0) is 38.7 Å². The van der Waals surface area contributed by atoms with E-state index in [1.54, 1.807) is 20.8 Å². The molecular formula is C21H31NO4. The van der Waals surface area contributed by atoms with Crippen molar-refractivity contribution in [1.29, 1.82) is 0 Å². The van der Waals surface area contributed by atoms with Crippen LogP contribution in [0.2, 0.25) is 0 Å². The molecule has 1 atom stereocenters. The summed E-state index contributed by atoms with van der Waals surface area (Å²) in [5, 5.41) is 9.85. The molecule has 0 bridgehead atoms. The van der Waals surface area contributed by atoms with Gasteiger partial charge in [0.1, 0.15) is 11.6 Å². The maximum absolute atomic E-state index is 12.8. The number of amides is 1. The van der Waals surface area contributed by atoms with Crippen LogP contribution in [0.4, 0.5) is 4.79 Å². The van der Waals surface area contributed by atoms with E-state index in [4.69, 9.17) is 4.74 Å². The Hall–Kier alpha value is -2.04. The Balaban J connectivity index is 2.22. The van der Waals surface area contributed by atoms with Crippen LogP contribution in [0, 0.1) is 5.92 Å². The van der Waals surface area contributed by atoms with E-state index in [1.165, 1.54) is 11.3 Å². The SMILES string of the molecule is CC(C)(C)OC(=O)N(Cc1ccccc1)C(CC1CCCCC1)C(=O)O. The van der Waals surface area contributed by atoms with Crippen molar-refractivity contribution < 1.29 is 19.4 Å². The highest BCUT2D eigenvalue weighted by molar-refractivity contribution is 5.80. The molecule has 1 saturated carbocycles. The minimum Gasteiger partial charge on any atom is -0.480 e. The molecule has 1 fully saturated rings. The third-order valence-electron chi connectivity index (χ3n) is 4.77. The molecule has 144 valence electrons. The molecule has 5 heteroatoms. The minimum atomic E-state index is -0.961. The van der Waals surface area contributed by atoms with Crippen LogP contribution in [0.1, 0.15) is 64.9 Å². The highest BCUT2D eigenvalue weighted by Crippen LogP contribution is 2.29. The van der Waals surface area contributed by atoms with Gasteiger partial charge in [-0.15, -0.1) is 0 Å². The molecule has 0 aromatic heterocycles. The van der Waals surface area contributed by atoms with Gasteiger partial charge in [-0.25, -0.2) is 9.59 Å². The number of ether oxygens (including phenoxy) is 1. The zero-order chi connectivity index (χ0) is 19.2. The first kappa shape index (κ1) is 20.3. The van der Waals surface area contributed by atoms with Crippen LogP contribution < -0.4 is 0 Å². The van der Waals surface area contributed by atoms with Crippen molar-refractivity contribution in [3.05, 3.63) is 35.9 Å². The quantitative estimate of drug-likeness (QED) is 0.787. The number of nitrogens with zero attached hydrogens (tertiary/aromatic N) is 1. The number of benzene rings is 1. The molecule has 0 radical (unpaired) electrons. The molecule has 2 rings (SSSR count). The van der Waals surface area contributed by atoms with Crippen LogP contribution in [0.5, 0.6) is 0 Å². The van der Waals surface area contributed by atoms with Crippen molar-refractivity contribution >= 4 is 12.1 Å². The van der Waals surface area contributed by atoms with Gasteiger partial charge in [0.05, 0.1) is 0 Å². The maximum atomic E-state index is 12.8. The van der Waals surface area contributed by atoms with Crippen LogP contribution in [-0.2, 0) is 16.1 Å². The summed E-state index contributed by atoms with van der Waals surface area (Å²) in [7, 11) is 0. The first-order chi connectivity index (χ1) is 12.3. The van der Waals surface area contributed by atoms with Crippen LogP contribution in [0.15, 0.2) is 30.3 Å². The predicted octanol–water partition coefficient (Wildman–Crippen LogP) is 4.85. The smallest absolute Gasteiger partial charge is 0.411 e. The molecule has 0 heterocycles. The van der Waals surface area contributed by atoms with Gasteiger partial charge in [-0.1, -0.05) is 62.4 Å². The van der Waals surface area contributed by atoms with E-state index in [0.29, 0.717) is 12.3 Å². The second-order valence-corrected chi connectivity index (χ2v) is 8.19. The van der Waals surface area contributed by atoms with E-state index in [0.717, 1.165) is 31.2 Å². The van der Waals surface area contributed by atoms with Crippen molar-refractivity contribution in [2.45, 2.75) is 77.5 Å². The lowest BCUT2D eigenvalue weighted by Gasteiger charge is -2.34. The summed E-state index contributed by atoms with van der Waals surface area (Å²) in [5.74, 6) is -0.608. The highest BCUT2D eigenvalue weighted by atomic mass is 16.6. The van der Waals surface area contributed by atoms with Gasteiger partial charge in [-0.3, -0.25) is 4.90 Å². The number of hydrogen-bond donors (Lipinski definition) is 1. The second-order valence-electron chi connectivity index (χ2n) is 8.19. The lowest BCUT2D eigenvalue weighted by Crippen LogP contribution is -2.47. The Kier molecular flexibility index (Phi) is 7.06. The molecule has 0 aliphatic heterocycles. The standard InChI is InChI=1S/C21H31NO4/c1-21(2,3)26-20(25)22(15-17-12-8-5-9-13-17)18(19(23)24)14-16-10-6-4-7-11-16/h5,8-9,12-13,16,18H,4,6-7,10-11,14-15H2,1-3H3,(H,23,24). The van der Waals surface area contributed by atoms with E-state index in [2.05, 4.69) is 0 Å². The van der Waals surface area contributed by atoms with Gasteiger partial charge in [0.15, 0.2) is 0 Å². The van der Waals surface area contributed by atoms with Crippen molar-refractivity contribution in [2.24, 2.45) is 5.92 Å². The number of aliphatic carboxylic acids is 1. The van der Waals surface area contributed by atoms with Crippen LogP contribution >= 0.6 is 0 Å². The lowest BCUT2D eigenvalue weighted by atomic mass is 9.84. The van der Waals surface area contributed by atoms with Gasteiger partial charge in [-0.2, -0.15) is 0 Å². The molecule has 1 aliphatic rings. The summed E-state index contributed by atoms with van der Waals surface area (Å²) in [4.78, 5) is 26.2. The average molecular weight is 361 g/mol. The Morgan fingerprint density at radius 3 is 2.31 bits per heavy atom. The van der Waals surface area contributed by atoms with Crippen LogP contribution in [0.25, 0.3) is 0 Å². The molecular weight excluding hydrogens is 330 g/mol. The number of rotatable bonds is 6. The van der Waals surface area contributed by atoms with E-state index in [1.807, 2.05) is 30.3 Å². The first-order valence-electron chi connectivity index (χ1n) is 9.52. The van der Waals surface area contributed by atoms with Gasteiger partial charge < -0.3 is 9.84 Å². The fourth-order valence-electron chi connectivity index (χ4n) is 3.50. The molecule has 1 N–H and O–H groups in total. The molecule has 1 amide bonds. The summed E-state index contributed by atoms with van der Waals surface area (Å²) in [6, 6.07) is 8.61. The lowest BCUT2D eigenvalue weighted by molar-refractivity contribution is -0.144. The number of carboxylic acids is 1. The van der Waals surface area contributed by atoms with E-state index < -0.39 is 23.7 Å². The van der Waals surface area contributed by atoms with E-state index in [-0.39, 0.29) is 6.54 Å². The first-order valence-corrected chi connectivity index (χ1v) is 9.52. The Morgan fingerprint density at radius 1 is 1.15 bits per heavy atom. The van der Waals surface area contributed by atoms with E-state index >= 15 is 0 Å². The molecule has 26 heavy (non-hydrogen) atoms. The Morgan fingerprint density at radius 2 is 1.77 bits per heavy atom. The molecule has 1 aromatic rings. The normalized spacial score (nSPS) is 16.7. The second kappa shape index (κ2) is 9.06. The summed E-state index contributed by atoms with van der Waals surface area (Å²) >= 11 is 0. The number of carboxylic acid groups (broad SMARTS) is 1. The Bertz CT molecular complexity index is 588. The number of carbonyl (C=O) groups is 2. The summed E-state index contributed by atoms with van der Waals surface area (Å²) < 4.78 is 5.52.